The average Bonchev–Trinajstić information content (AvgIpc) is 3.87. The van der Waals surface area contributed by atoms with Gasteiger partial charge < -0.3 is 14.7 Å². The molecule has 1 aromatic heterocycles. The molecule has 6 rings (SSSR count). The minimum atomic E-state index is -3.25. The molecule has 39 heavy (non-hydrogen) atoms. The molecule has 2 saturated carbocycles. The quantitative estimate of drug-likeness (QED) is 0.445. The molecule has 10 nitrogen and oxygen atoms in total. The van der Waals surface area contributed by atoms with Crippen molar-refractivity contribution in [3.63, 3.8) is 0 Å². The fraction of sp³-hybridized carbons (Fsp3) is 0.385. The van der Waals surface area contributed by atoms with E-state index in [0.717, 1.165) is 12.8 Å². The van der Waals surface area contributed by atoms with Gasteiger partial charge in [-0.2, -0.15) is 14.6 Å². The first-order valence-electron chi connectivity index (χ1n) is 12.6. The molecule has 3 aromatic rings. The van der Waals surface area contributed by atoms with Crippen molar-refractivity contribution < 1.29 is 17.7 Å². The number of hydrogen-bond donors (Lipinski definition) is 1. The number of carbonyl (C=O) groups is 1. The molecule has 1 saturated heterocycles. The molecule has 1 N–H and O–H groups in total. The summed E-state index contributed by atoms with van der Waals surface area (Å²) in [4.78, 5) is 19.1. The van der Waals surface area contributed by atoms with Crippen molar-refractivity contribution >= 4 is 44.9 Å². The largest absolute Gasteiger partial charge is 0.334 e. The maximum absolute atomic E-state index is 12.9. The lowest BCUT2D eigenvalue weighted by Crippen LogP contribution is -2.52. The van der Waals surface area contributed by atoms with Gasteiger partial charge in [-0.05, 0) is 62.1 Å². The van der Waals surface area contributed by atoms with Gasteiger partial charge in [0, 0.05) is 53.0 Å². The highest BCUT2D eigenvalue weighted by Gasteiger charge is 2.52. The van der Waals surface area contributed by atoms with Crippen LogP contribution < -0.4 is 5.32 Å². The zero-order valence-corrected chi connectivity index (χ0v) is 23.1. The number of amides is 2. The predicted molar refractivity (Wildman–Crippen MR) is 145 cm³/mol. The Kier molecular flexibility index (Phi) is 6.54. The van der Waals surface area contributed by atoms with Gasteiger partial charge in [-0.1, -0.05) is 28.4 Å². The number of nitrogens with zero attached hydrogens (tertiary/aromatic N) is 5. The van der Waals surface area contributed by atoms with Crippen LogP contribution >= 0.6 is 23.2 Å². The second-order valence-electron chi connectivity index (χ2n) is 10.1. The van der Waals surface area contributed by atoms with Gasteiger partial charge in [0.2, 0.25) is 10.0 Å². The van der Waals surface area contributed by atoms with Gasteiger partial charge in [-0.25, -0.2) is 13.2 Å². The van der Waals surface area contributed by atoms with Crippen LogP contribution in [0.2, 0.25) is 10.0 Å². The molecule has 2 aromatic carbocycles. The van der Waals surface area contributed by atoms with Gasteiger partial charge in [0.05, 0.1) is 22.3 Å². The maximum Gasteiger partial charge on any atom is 0.321 e. The zero-order valence-electron chi connectivity index (χ0n) is 20.7. The number of rotatable bonds is 6. The van der Waals surface area contributed by atoms with Gasteiger partial charge in [0.25, 0.3) is 5.89 Å². The highest BCUT2D eigenvalue weighted by molar-refractivity contribution is 7.90. The number of sulfonamides is 1. The smallest absolute Gasteiger partial charge is 0.321 e. The van der Waals surface area contributed by atoms with Crippen LogP contribution in [0.15, 0.2) is 40.9 Å². The highest BCUT2D eigenvalue weighted by atomic mass is 35.5. The van der Waals surface area contributed by atoms with Gasteiger partial charge in [-0.15, -0.1) is 0 Å². The van der Waals surface area contributed by atoms with Gasteiger partial charge in [0.15, 0.2) is 5.82 Å². The van der Waals surface area contributed by atoms with E-state index in [-0.39, 0.29) is 24.4 Å². The number of benzene rings is 2. The summed E-state index contributed by atoms with van der Waals surface area (Å²) >= 11 is 13.4. The molecule has 3 aliphatic rings. The molecule has 202 valence electrons. The first kappa shape index (κ1) is 26.1. The molecule has 2 amide bonds. The highest BCUT2D eigenvalue weighted by Crippen LogP contribution is 2.57. The lowest BCUT2D eigenvalue weighted by molar-refractivity contribution is 0.184. The number of anilines is 1. The van der Waals surface area contributed by atoms with Crippen LogP contribution in [0.1, 0.15) is 42.6 Å². The summed E-state index contributed by atoms with van der Waals surface area (Å²) in [5, 5.41) is 16.5. The second-order valence-corrected chi connectivity index (χ2v) is 13.1. The van der Waals surface area contributed by atoms with Crippen molar-refractivity contribution in [2.75, 3.05) is 31.5 Å². The number of piperazine rings is 1. The number of aromatic nitrogens is 2. The Labute approximate surface area is 235 Å². The molecule has 13 heteroatoms. The van der Waals surface area contributed by atoms with Gasteiger partial charge in [-0.3, -0.25) is 0 Å². The van der Waals surface area contributed by atoms with E-state index in [1.54, 1.807) is 41.3 Å². The van der Waals surface area contributed by atoms with E-state index < -0.39 is 15.4 Å². The van der Waals surface area contributed by atoms with E-state index in [4.69, 9.17) is 33.0 Å². The van der Waals surface area contributed by atoms with Crippen molar-refractivity contribution in [3.8, 4) is 17.5 Å². The number of urea groups is 1. The van der Waals surface area contributed by atoms with E-state index in [9.17, 15) is 13.2 Å². The Balaban J connectivity index is 1.15. The van der Waals surface area contributed by atoms with E-state index >= 15 is 0 Å². The van der Waals surface area contributed by atoms with Crippen LogP contribution in [0.4, 0.5) is 10.5 Å². The van der Waals surface area contributed by atoms with Gasteiger partial charge >= 0.3 is 6.03 Å². The fourth-order valence-corrected chi connectivity index (χ4v) is 7.63. The van der Waals surface area contributed by atoms with E-state index in [1.165, 1.54) is 4.31 Å². The number of nitrogens with one attached hydrogen (secondary N) is 1. The SMILES string of the molecule is N#Cc1ccc(-c2nc(C3(c4c(Cl)cc(NC(=O)N5CCN(S(=O)(=O)C6CC6)CC5)cc4Cl)CC3)no2)cc1. The van der Waals surface area contributed by atoms with Crippen LogP contribution in [0.5, 0.6) is 0 Å². The summed E-state index contributed by atoms with van der Waals surface area (Å²) in [6, 6.07) is 11.9. The van der Waals surface area contributed by atoms with Gasteiger partial charge in [0.1, 0.15) is 0 Å². The standard InChI is InChI=1S/C26H24Cl2N6O4S/c27-20-13-18(30-25(35)33-9-11-34(12-10-33)39(36,37)19-5-6-19)14-21(28)22(20)26(7-8-26)24-31-23(38-32-24)17-3-1-16(15-29)2-4-17/h1-4,13-14,19H,5-12H2,(H,30,35). The molecular formula is C26H24Cl2N6O4S. The first-order valence-corrected chi connectivity index (χ1v) is 14.9. The van der Waals surface area contributed by atoms with E-state index in [1.807, 2.05) is 0 Å². The third-order valence-corrected chi connectivity index (χ3v) is 10.5. The van der Waals surface area contributed by atoms with Crippen LogP contribution in [0, 0.1) is 11.3 Å². The Morgan fingerprint density at radius 1 is 1.08 bits per heavy atom. The molecule has 3 fully saturated rings. The molecule has 0 spiro atoms. The van der Waals surface area contributed by atoms with Crippen LogP contribution in [0.25, 0.3) is 11.5 Å². The maximum atomic E-state index is 12.9. The fourth-order valence-electron chi connectivity index (χ4n) is 4.96. The topological polar surface area (TPSA) is 132 Å². The number of carbonyl (C=O) groups excluding carboxylic acids is 1. The van der Waals surface area contributed by atoms with Crippen molar-refractivity contribution in [2.45, 2.75) is 36.3 Å². The molecule has 2 aliphatic carbocycles. The van der Waals surface area contributed by atoms with Crippen LogP contribution in [0.3, 0.4) is 0 Å². The van der Waals surface area contributed by atoms with Crippen LogP contribution in [-0.4, -0.2) is 65.2 Å². The summed E-state index contributed by atoms with van der Waals surface area (Å²) in [6.45, 7) is 1.18. The van der Waals surface area contributed by atoms with E-state index in [2.05, 4.69) is 21.5 Å². The summed E-state index contributed by atoms with van der Waals surface area (Å²) in [6.07, 6.45) is 2.90. The summed E-state index contributed by atoms with van der Waals surface area (Å²) in [5.74, 6) is 0.809. The Morgan fingerprint density at radius 3 is 2.28 bits per heavy atom. The minimum absolute atomic E-state index is 0.259. The molecule has 1 aliphatic heterocycles. The summed E-state index contributed by atoms with van der Waals surface area (Å²) < 4.78 is 31.9. The number of hydrogen-bond acceptors (Lipinski definition) is 7. The average molecular weight is 587 g/mol. The van der Waals surface area contributed by atoms with Crippen molar-refractivity contribution in [1.29, 1.82) is 5.26 Å². The number of halogens is 2. The monoisotopic (exact) mass is 586 g/mol. The van der Waals surface area contributed by atoms with Crippen LogP contribution in [-0.2, 0) is 15.4 Å². The van der Waals surface area contributed by atoms with Crippen molar-refractivity contribution in [2.24, 2.45) is 0 Å². The van der Waals surface area contributed by atoms with E-state index in [0.29, 0.717) is 70.1 Å². The summed E-state index contributed by atoms with van der Waals surface area (Å²) in [5.41, 5.74) is 1.76. The third-order valence-electron chi connectivity index (χ3n) is 7.47. The Bertz CT molecular complexity index is 1560. The summed E-state index contributed by atoms with van der Waals surface area (Å²) in [7, 11) is -3.25. The van der Waals surface area contributed by atoms with Crippen molar-refractivity contribution in [1.82, 2.24) is 19.3 Å². The lowest BCUT2D eigenvalue weighted by Gasteiger charge is -2.34. The number of nitriles is 1. The predicted octanol–water partition coefficient (Wildman–Crippen LogP) is 4.64. The normalized spacial score (nSPS) is 18.9. The lowest BCUT2D eigenvalue weighted by atomic mass is 9.94. The molecule has 2 heterocycles. The third kappa shape index (κ3) is 4.87. The molecule has 0 unspecified atom stereocenters. The Morgan fingerprint density at radius 2 is 1.72 bits per heavy atom. The zero-order chi connectivity index (χ0) is 27.4. The minimum Gasteiger partial charge on any atom is -0.334 e. The van der Waals surface area contributed by atoms with Crippen molar-refractivity contribution in [3.05, 3.63) is 63.4 Å². The first-order chi connectivity index (χ1) is 18.7. The Hall–Kier alpha value is -3.17. The molecule has 0 bridgehead atoms. The molecular weight excluding hydrogens is 563 g/mol. The second kappa shape index (κ2) is 9.78. The molecule has 0 radical (unpaired) electrons. The molecule has 0 atom stereocenters.